The van der Waals surface area contributed by atoms with E-state index in [0.29, 0.717) is 5.56 Å². The largest absolute Gasteiger partial charge is 0.459 e. The van der Waals surface area contributed by atoms with E-state index in [0.717, 1.165) is 68.9 Å². The second-order valence-corrected chi connectivity index (χ2v) is 10.1. The van der Waals surface area contributed by atoms with Crippen LogP contribution in [0.1, 0.15) is 41.6 Å². The van der Waals surface area contributed by atoms with Crippen molar-refractivity contribution < 1.29 is 9.53 Å². The predicted octanol–water partition coefficient (Wildman–Crippen LogP) is 3.12. The first-order valence-electron chi connectivity index (χ1n) is 11.8. The third kappa shape index (κ3) is 6.88. The van der Waals surface area contributed by atoms with Crippen LogP contribution in [0.25, 0.3) is 0 Å². The number of esters is 1. The van der Waals surface area contributed by atoms with Crippen molar-refractivity contribution in [1.29, 1.82) is 0 Å². The van der Waals surface area contributed by atoms with Crippen molar-refractivity contribution in [3.05, 3.63) is 34.5 Å². The highest BCUT2D eigenvalue weighted by molar-refractivity contribution is 7.15. The first-order valence-corrected chi connectivity index (χ1v) is 12.6. The Balaban J connectivity index is 1.60. The van der Waals surface area contributed by atoms with Crippen LogP contribution in [-0.2, 0) is 11.3 Å². The Bertz CT molecular complexity index is 908. The monoisotopic (exact) mass is 474 g/mol. The molecule has 0 unspecified atom stereocenters. The molecule has 0 spiro atoms. The number of anilines is 2. The number of pyridine rings is 1. The van der Waals surface area contributed by atoms with Gasteiger partial charge in [-0.15, -0.1) is 11.3 Å². The van der Waals surface area contributed by atoms with Gasteiger partial charge in [-0.25, -0.2) is 14.8 Å². The van der Waals surface area contributed by atoms with E-state index in [1.54, 1.807) is 17.5 Å². The lowest BCUT2D eigenvalue weighted by Crippen LogP contribution is -2.46. The van der Waals surface area contributed by atoms with E-state index in [4.69, 9.17) is 4.74 Å². The van der Waals surface area contributed by atoms with E-state index in [9.17, 15) is 4.79 Å². The van der Waals surface area contributed by atoms with Crippen molar-refractivity contribution in [3.8, 4) is 0 Å². The highest BCUT2D eigenvalue weighted by Gasteiger charge is 2.26. The summed E-state index contributed by atoms with van der Waals surface area (Å²) in [4.78, 5) is 32.4. The van der Waals surface area contributed by atoms with Crippen molar-refractivity contribution in [2.75, 3.05) is 69.7 Å². The minimum atomic E-state index is -0.292. The second-order valence-electron chi connectivity index (χ2n) is 9.04. The highest BCUT2D eigenvalue weighted by Crippen LogP contribution is 2.26. The zero-order chi connectivity index (χ0) is 24.0. The lowest BCUT2D eigenvalue weighted by Gasteiger charge is -2.36. The minimum Gasteiger partial charge on any atom is -0.459 e. The van der Waals surface area contributed by atoms with E-state index in [2.05, 4.69) is 50.6 Å². The number of rotatable bonds is 10. The van der Waals surface area contributed by atoms with Crippen molar-refractivity contribution in [3.63, 3.8) is 0 Å². The fourth-order valence-electron chi connectivity index (χ4n) is 3.87. The summed E-state index contributed by atoms with van der Waals surface area (Å²) in [5.74, 6) is 0.444. The third-order valence-corrected chi connectivity index (χ3v) is 6.79. The number of likely N-dealkylation sites (N-methyl/N-ethyl adjacent to an activating group) is 2. The maximum absolute atomic E-state index is 12.7. The van der Waals surface area contributed by atoms with Gasteiger partial charge < -0.3 is 19.4 Å². The summed E-state index contributed by atoms with van der Waals surface area (Å²) in [6.45, 7) is 15.2. The number of aryl methyl sites for hydroxylation is 1. The molecule has 8 nitrogen and oxygen atoms in total. The predicted molar refractivity (Wildman–Crippen MR) is 136 cm³/mol. The van der Waals surface area contributed by atoms with E-state index >= 15 is 0 Å². The summed E-state index contributed by atoms with van der Waals surface area (Å²) in [5.41, 5.74) is 1.49. The van der Waals surface area contributed by atoms with Gasteiger partial charge in [-0.1, -0.05) is 0 Å². The van der Waals surface area contributed by atoms with Crippen LogP contribution in [0.2, 0.25) is 0 Å². The van der Waals surface area contributed by atoms with Gasteiger partial charge in [0.1, 0.15) is 11.4 Å². The van der Waals surface area contributed by atoms with Crippen LogP contribution < -0.4 is 9.80 Å². The van der Waals surface area contributed by atoms with E-state index in [-0.39, 0.29) is 12.1 Å². The number of hydrogen-bond acceptors (Lipinski definition) is 9. The van der Waals surface area contributed by atoms with Crippen LogP contribution in [0.15, 0.2) is 18.5 Å². The lowest BCUT2D eigenvalue weighted by atomic mass is 10.1. The lowest BCUT2D eigenvalue weighted by molar-refractivity contribution is 0.0377. The van der Waals surface area contributed by atoms with Gasteiger partial charge in [-0.3, -0.25) is 4.90 Å². The molecule has 1 saturated heterocycles. The molecule has 9 heteroatoms. The normalized spacial score (nSPS) is 14.8. The second kappa shape index (κ2) is 11.8. The van der Waals surface area contributed by atoms with E-state index in [1.807, 2.05) is 33.0 Å². The molecular weight excluding hydrogens is 436 g/mol. The SMILES string of the molecule is CCN(CCN(C)C)c1ncc(CN2CCN(c3nccc(C)c3C(=O)OC(C)C)CC2)s1. The molecule has 2 aromatic heterocycles. The van der Waals surface area contributed by atoms with Gasteiger partial charge in [0.25, 0.3) is 0 Å². The van der Waals surface area contributed by atoms with Gasteiger partial charge in [0.15, 0.2) is 5.13 Å². The molecule has 0 atom stereocenters. The van der Waals surface area contributed by atoms with Crippen LogP contribution >= 0.6 is 11.3 Å². The third-order valence-electron chi connectivity index (χ3n) is 5.75. The number of nitrogens with zero attached hydrogens (tertiary/aromatic N) is 6. The number of hydrogen-bond donors (Lipinski definition) is 0. The van der Waals surface area contributed by atoms with Crippen LogP contribution in [0.5, 0.6) is 0 Å². The summed E-state index contributed by atoms with van der Waals surface area (Å²) in [6, 6.07) is 1.87. The maximum Gasteiger partial charge on any atom is 0.342 e. The molecular formula is C24H38N6O2S. The van der Waals surface area contributed by atoms with Gasteiger partial charge >= 0.3 is 5.97 Å². The van der Waals surface area contributed by atoms with Gasteiger partial charge in [-0.2, -0.15) is 0 Å². The average molecular weight is 475 g/mol. The van der Waals surface area contributed by atoms with Crippen LogP contribution in [0.3, 0.4) is 0 Å². The first kappa shape index (κ1) is 25.4. The van der Waals surface area contributed by atoms with Gasteiger partial charge in [-0.05, 0) is 53.4 Å². The molecule has 0 aromatic carbocycles. The zero-order valence-corrected chi connectivity index (χ0v) is 21.7. The van der Waals surface area contributed by atoms with E-state index < -0.39 is 0 Å². The Morgan fingerprint density at radius 3 is 2.55 bits per heavy atom. The molecule has 2 aromatic rings. The van der Waals surface area contributed by atoms with Crippen molar-refractivity contribution >= 4 is 28.3 Å². The fraction of sp³-hybridized carbons (Fsp3) is 0.625. The molecule has 0 saturated carbocycles. The van der Waals surface area contributed by atoms with E-state index in [1.165, 1.54) is 4.88 Å². The molecule has 3 heterocycles. The van der Waals surface area contributed by atoms with Crippen LogP contribution in [0, 0.1) is 6.92 Å². The quantitative estimate of drug-likeness (QED) is 0.487. The Kier molecular flexibility index (Phi) is 9.05. The molecule has 33 heavy (non-hydrogen) atoms. The Morgan fingerprint density at radius 1 is 1.18 bits per heavy atom. The van der Waals surface area contributed by atoms with Crippen molar-refractivity contribution in [2.45, 2.75) is 40.3 Å². The molecule has 0 amide bonds. The Hall–Kier alpha value is -2.23. The number of piperazine rings is 1. The summed E-state index contributed by atoms with van der Waals surface area (Å²) < 4.78 is 5.48. The Morgan fingerprint density at radius 2 is 1.91 bits per heavy atom. The van der Waals surface area contributed by atoms with Crippen LogP contribution in [0.4, 0.5) is 10.9 Å². The summed E-state index contributed by atoms with van der Waals surface area (Å²) in [5, 5.41) is 1.10. The van der Waals surface area contributed by atoms with Crippen molar-refractivity contribution in [1.82, 2.24) is 19.8 Å². The number of ether oxygens (including phenoxy) is 1. The van der Waals surface area contributed by atoms with Gasteiger partial charge in [0.2, 0.25) is 0 Å². The molecule has 0 N–H and O–H groups in total. The summed E-state index contributed by atoms with van der Waals surface area (Å²) in [7, 11) is 4.20. The maximum atomic E-state index is 12.7. The smallest absolute Gasteiger partial charge is 0.342 e. The molecule has 1 aliphatic rings. The molecule has 1 fully saturated rings. The number of aromatic nitrogens is 2. The highest BCUT2D eigenvalue weighted by atomic mass is 32.1. The molecule has 1 aliphatic heterocycles. The number of carbonyl (C=O) groups excluding carboxylic acids is 1. The first-order chi connectivity index (χ1) is 15.8. The van der Waals surface area contributed by atoms with Gasteiger partial charge in [0.05, 0.1) is 6.10 Å². The summed E-state index contributed by atoms with van der Waals surface area (Å²) >= 11 is 1.79. The topological polar surface area (TPSA) is 65.0 Å². The molecule has 0 aliphatic carbocycles. The average Bonchev–Trinajstić information content (AvgIpc) is 3.22. The van der Waals surface area contributed by atoms with Crippen molar-refractivity contribution in [2.24, 2.45) is 0 Å². The molecule has 3 rings (SSSR count). The standard InChI is InChI=1S/C24H38N6O2S/c1-7-29(13-10-27(5)6)24-26-16-20(33-24)17-28-11-14-30(15-12-28)22-21(19(4)8-9-25-22)23(31)32-18(2)3/h8-9,16,18H,7,10-15,17H2,1-6H3. The summed E-state index contributed by atoms with van der Waals surface area (Å²) in [6.07, 6.45) is 3.64. The minimum absolute atomic E-state index is 0.155. The molecule has 0 radical (unpaired) electrons. The molecule has 182 valence electrons. The number of carbonyl (C=O) groups is 1. The van der Waals surface area contributed by atoms with Gasteiger partial charge in [0, 0.05) is 69.6 Å². The zero-order valence-electron chi connectivity index (χ0n) is 20.9. The number of thiazole rings is 1. The van der Waals surface area contributed by atoms with Crippen LogP contribution in [-0.4, -0.2) is 91.7 Å². The Labute approximate surface area is 202 Å². The fourth-order valence-corrected chi connectivity index (χ4v) is 4.92. The molecule has 0 bridgehead atoms.